The van der Waals surface area contributed by atoms with Gasteiger partial charge in [-0.15, -0.1) is 0 Å². The molecule has 0 aliphatic heterocycles. The van der Waals surface area contributed by atoms with Crippen molar-refractivity contribution in [3.63, 3.8) is 0 Å². The molecule has 6 heteroatoms. The molecule has 0 radical (unpaired) electrons. The number of benzene rings is 1. The highest BCUT2D eigenvalue weighted by Gasteiger charge is 2.07. The van der Waals surface area contributed by atoms with Crippen molar-refractivity contribution >= 4 is 16.9 Å². The number of rotatable bonds is 4. The minimum atomic E-state index is -0.177. The summed E-state index contributed by atoms with van der Waals surface area (Å²) in [6, 6.07) is 6.79. The third-order valence-corrected chi connectivity index (χ3v) is 3.17. The SMILES string of the molecule is Cn1ncc2c(NCCc3ccccc3F)ncnc21. The zero-order valence-corrected chi connectivity index (χ0v) is 11.0. The van der Waals surface area contributed by atoms with Gasteiger partial charge in [-0.05, 0) is 18.1 Å². The fourth-order valence-corrected chi connectivity index (χ4v) is 2.12. The van der Waals surface area contributed by atoms with E-state index in [1.165, 1.54) is 12.4 Å². The van der Waals surface area contributed by atoms with E-state index in [1.54, 1.807) is 23.0 Å². The molecule has 0 fully saturated rings. The van der Waals surface area contributed by atoms with Crippen LogP contribution in [0.4, 0.5) is 10.2 Å². The Morgan fingerprint density at radius 2 is 2.10 bits per heavy atom. The number of nitrogens with zero attached hydrogens (tertiary/aromatic N) is 4. The summed E-state index contributed by atoms with van der Waals surface area (Å²) in [6.07, 6.45) is 3.81. The van der Waals surface area contributed by atoms with Crippen molar-refractivity contribution in [2.24, 2.45) is 7.05 Å². The molecule has 102 valence electrons. The van der Waals surface area contributed by atoms with Gasteiger partial charge < -0.3 is 5.32 Å². The van der Waals surface area contributed by atoms with E-state index in [2.05, 4.69) is 20.4 Å². The van der Waals surface area contributed by atoms with Gasteiger partial charge in [0.25, 0.3) is 0 Å². The van der Waals surface area contributed by atoms with E-state index >= 15 is 0 Å². The molecule has 3 aromatic rings. The Hall–Kier alpha value is -2.50. The van der Waals surface area contributed by atoms with Gasteiger partial charge >= 0.3 is 0 Å². The normalized spacial score (nSPS) is 10.9. The zero-order valence-electron chi connectivity index (χ0n) is 11.0. The summed E-state index contributed by atoms with van der Waals surface area (Å²) in [5, 5.41) is 8.22. The Kier molecular flexibility index (Phi) is 3.28. The van der Waals surface area contributed by atoms with Crippen LogP contribution in [0.1, 0.15) is 5.56 Å². The molecule has 20 heavy (non-hydrogen) atoms. The molecule has 0 unspecified atom stereocenters. The molecule has 1 aromatic carbocycles. The predicted octanol–water partition coefficient (Wildman–Crippen LogP) is 2.16. The van der Waals surface area contributed by atoms with E-state index in [0.717, 1.165) is 16.9 Å². The maximum Gasteiger partial charge on any atom is 0.163 e. The van der Waals surface area contributed by atoms with Gasteiger partial charge in [0.05, 0.1) is 11.6 Å². The maximum atomic E-state index is 13.5. The minimum Gasteiger partial charge on any atom is -0.369 e. The van der Waals surface area contributed by atoms with Crippen LogP contribution in [0.2, 0.25) is 0 Å². The van der Waals surface area contributed by atoms with Gasteiger partial charge in [-0.25, -0.2) is 14.4 Å². The number of aryl methyl sites for hydroxylation is 1. The molecule has 0 amide bonds. The van der Waals surface area contributed by atoms with Crippen LogP contribution in [0.25, 0.3) is 11.0 Å². The monoisotopic (exact) mass is 271 g/mol. The van der Waals surface area contributed by atoms with E-state index in [1.807, 2.05) is 13.1 Å². The third-order valence-electron chi connectivity index (χ3n) is 3.17. The lowest BCUT2D eigenvalue weighted by molar-refractivity contribution is 0.610. The van der Waals surface area contributed by atoms with Crippen LogP contribution >= 0.6 is 0 Å². The molecule has 0 saturated carbocycles. The first-order valence-corrected chi connectivity index (χ1v) is 6.35. The molecule has 3 rings (SSSR count). The molecule has 0 spiro atoms. The first kappa shape index (κ1) is 12.5. The Labute approximate surface area is 115 Å². The molecule has 0 saturated heterocycles. The van der Waals surface area contributed by atoms with Gasteiger partial charge in [-0.3, -0.25) is 4.68 Å². The quantitative estimate of drug-likeness (QED) is 0.790. The Balaban J connectivity index is 1.73. The molecular formula is C14H14FN5. The molecule has 2 heterocycles. The smallest absolute Gasteiger partial charge is 0.163 e. The van der Waals surface area contributed by atoms with Crippen molar-refractivity contribution in [3.05, 3.63) is 48.2 Å². The number of hydrogen-bond acceptors (Lipinski definition) is 4. The van der Waals surface area contributed by atoms with E-state index in [-0.39, 0.29) is 5.82 Å². The number of anilines is 1. The summed E-state index contributed by atoms with van der Waals surface area (Å²) >= 11 is 0. The van der Waals surface area contributed by atoms with Crippen LogP contribution in [-0.4, -0.2) is 26.3 Å². The average Bonchev–Trinajstić information content (AvgIpc) is 2.84. The van der Waals surface area contributed by atoms with Gasteiger partial charge in [0.2, 0.25) is 0 Å². The minimum absolute atomic E-state index is 0.177. The summed E-state index contributed by atoms with van der Waals surface area (Å²) in [7, 11) is 1.83. The van der Waals surface area contributed by atoms with Gasteiger partial charge in [-0.2, -0.15) is 5.10 Å². The number of hydrogen-bond donors (Lipinski definition) is 1. The summed E-state index contributed by atoms with van der Waals surface area (Å²) in [5.74, 6) is 0.544. The summed E-state index contributed by atoms with van der Waals surface area (Å²) in [6.45, 7) is 0.599. The van der Waals surface area contributed by atoms with Crippen molar-refractivity contribution < 1.29 is 4.39 Å². The van der Waals surface area contributed by atoms with Gasteiger partial charge in [0.1, 0.15) is 18.0 Å². The highest BCUT2D eigenvalue weighted by molar-refractivity contribution is 5.85. The van der Waals surface area contributed by atoms with Crippen molar-refractivity contribution in [1.82, 2.24) is 19.7 Å². The molecule has 0 aliphatic carbocycles. The second-order valence-corrected chi connectivity index (χ2v) is 4.50. The number of aromatic nitrogens is 4. The van der Waals surface area contributed by atoms with Crippen molar-refractivity contribution in [2.45, 2.75) is 6.42 Å². The van der Waals surface area contributed by atoms with Gasteiger partial charge in [0.15, 0.2) is 5.65 Å². The van der Waals surface area contributed by atoms with Crippen LogP contribution in [-0.2, 0) is 13.5 Å². The lowest BCUT2D eigenvalue weighted by Crippen LogP contribution is -2.08. The molecule has 0 atom stereocenters. The first-order valence-electron chi connectivity index (χ1n) is 6.35. The lowest BCUT2D eigenvalue weighted by atomic mass is 10.1. The predicted molar refractivity (Wildman–Crippen MR) is 74.9 cm³/mol. The highest BCUT2D eigenvalue weighted by atomic mass is 19.1. The average molecular weight is 271 g/mol. The number of fused-ring (bicyclic) bond motifs is 1. The Morgan fingerprint density at radius 1 is 1.25 bits per heavy atom. The largest absolute Gasteiger partial charge is 0.369 e. The topological polar surface area (TPSA) is 55.6 Å². The molecule has 2 aromatic heterocycles. The van der Waals surface area contributed by atoms with Crippen molar-refractivity contribution in [1.29, 1.82) is 0 Å². The number of nitrogens with one attached hydrogen (secondary N) is 1. The third kappa shape index (κ3) is 2.32. The van der Waals surface area contributed by atoms with Crippen molar-refractivity contribution in [2.75, 3.05) is 11.9 Å². The highest BCUT2D eigenvalue weighted by Crippen LogP contribution is 2.17. The van der Waals surface area contributed by atoms with E-state index in [9.17, 15) is 4.39 Å². The molecule has 0 bridgehead atoms. The first-order chi connectivity index (χ1) is 9.75. The maximum absolute atomic E-state index is 13.5. The van der Waals surface area contributed by atoms with Crippen LogP contribution in [0.15, 0.2) is 36.8 Å². The molecule has 1 N–H and O–H groups in total. The zero-order chi connectivity index (χ0) is 13.9. The van der Waals surface area contributed by atoms with Crippen molar-refractivity contribution in [3.8, 4) is 0 Å². The molecular weight excluding hydrogens is 257 g/mol. The standard InChI is InChI=1S/C14H14FN5/c1-20-14-11(8-19-20)13(17-9-18-14)16-7-6-10-4-2-3-5-12(10)15/h2-5,8-9H,6-7H2,1H3,(H,16,17,18). The molecule has 0 aliphatic rings. The van der Waals surface area contributed by atoms with E-state index < -0.39 is 0 Å². The fourth-order valence-electron chi connectivity index (χ4n) is 2.12. The van der Waals surface area contributed by atoms with Gasteiger partial charge in [0, 0.05) is 13.6 Å². The van der Waals surface area contributed by atoms with Gasteiger partial charge in [-0.1, -0.05) is 18.2 Å². The summed E-state index contributed by atoms with van der Waals surface area (Å²) in [4.78, 5) is 8.38. The van der Waals surface area contributed by atoms with Crippen LogP contribution in [0, 0.1) is 5.82 Å². The van der Waals surface area contributed by atoms with Crippen LogP contribution in [0.3, 0.4) is 0 Å². The number of halogens is 1. The van der Waals surface area contributed by atoms with E-state index in [4.69, 9.17) is 0 Å². The lowest BCUT2D eigenvalue weighted by Gasteiger charge is -2.07. The summed E-state index contributed by atoms with van der Waals surface area (Å²) < 4.78 is 15.2. The second-order valence-electron chi connectivity index (χ2n) is 4.50. The fraction of sp³-hybridized carbons (Fsp3) is 0.214. The Morgan fingerprint density at radius 3 is 2.95 bits per heavy atom. The Bertz CT molecular complexity index is 737. The second kappa shape index (κ2) is 5.24. The van der Waals surface area contributed by atoms with Crippen LogP contribution < -0.4 is 5.32 Å². The van der Waals surface area contributed by atoms with Crippen LogP contribution in [0.5, 0.6) is 0 Å². The van der Waals surface area contributed by atoms with E-state index in [0.29, 0.717) is 18.5 Å². The molecule has 5 nitrogen and oxygen atoms in total. The summed E-state index contributed by atoms with van der Waals surface area (Å²) in [5.41, 5.74) is 1.46.